The Bertz CT molecular complexity index is 898. The zero-order valence-electron chi connectivity index (χ0n) is 17.3. The third-order valence-electron chi connectivity index (χ3n) is 4.20. The molecule has 0 fully saturated rings. The first-order valence-electron chi connectivity index (χ1n) is 9.40. The molecule has 0 aromatic heterocycles. The molecule has 2 aromatic rings. The standard InChI is InChI=1S/C22H25BrCl2N2O3/c1-14(21(29)26-22(2,3)4)27(12-15-5-8-17(24)11-19(15)25)20(28)13-30-18-9-6-16(23)7-10-18/h5-11,14H,12-13H2,1-4H3,(H,26,29). The lowest BCUT2D eigenvalue weighted by Gasteiger charge is -2.31. The van der Waals surface area contributed by atoms with Gasteiger partial charge in [0.05, 0.1) is 0 Å². The first kappa shape index (κ1) is 24.5. The third kappa shape index (κ3) is 7.49. The normalized spacial score (nSPS) is 12.2. The van der Waals surface area contributed by atoms with E-state index < -0.39 is 11.6 Å². The van der Waals surface area contributed by atoms with Gasteiger partial charge in [0.15, 0.2) is 6.61 Å². The predicted octanol–water partition coefficient (Wildman–Crippen LogP) is 5.47. The van der Waals surface area contributed by atoms with Gasteiger partial charge in [-0.05, 0) is 69.7 Å². The highest BCUT2D eigenvalue weighted by molar-refractivity contribution is 9.10. The summed E-state index contributed by atoms with van der Waals surface area (Å²) in [6.07, 6.45) is 0. The van der Waals surface area contributed by atoms with Gasteiger partial charge >= 0.3 is 0 Å². The number of amides is 2. The number of rotatable bonds is 7. The maximum atomic E-state index is 13.0. The van der Waals surface area contributed by atoms with Crippen LogP contribution in [0.15, 0.2) is 46.9 Å². The molecule has 0 saturated carbocycles. The topological polar surface area (TPSA) is 58.6 Å². The summed E-state index contributed by atoms with van der Waals surface area (Å²) in [7, 11) is 0. The monoisotopic (exact) mass is 514 g/mol. The van der Waals surface area contributed by atoms with Crippen LogP contribution >= 0.6 is 39.1 Å². The van der Waals surface area contributed by atoms with E-state index in [0.29, 0.717) is 21.4 Å². The molecule has 162 valence electrons. The van der Waals surface area contributed by atoms with Crippen molar-refractivity contribution in [3.8, 4) is 5.75 Å². The fourth-order valence-corrected chi connectivity index (χ4v) is 3.38. The van der Waals surface area contributed by atoms with Crippen molar-refractivity contribution >= 4 is 50.9 Å². The van der Waals surface area contributed by atoms with Crippen molar-refractivity contribution in [1.82, 2.24) is 10.2 Å². The van der Waals surface area contributed by atoms with E-state index in [1.807, 2.05) is 32.9 Å². The third-order valence-corrected chi connectivity index (χ3v) is 5.31. The second kappa shape index (κ2) is 10.5. The Kier molecular flexibility index (Phi) is 8.59. The molecule has 2 amide bonds. The summed E-state index contributed by atoms with van der Waals surface area (Å²) < 4.78 is 6.53. The number of nitrogens with zero attached hydrogens (tertiary/aromatic N) is 1. The number of benzene rings is 2. The Morgan fingerprint density at radius 2 is 1.77 bits per heavy atom. The van der Waals surface area contributed by atoms with Gasteiger partial charge in [-0.15, -0.1) is 0 Å². The molecule has 0 saturated heterocycles. The molecule has 1 N–H and O–H groups in total. The molecule has 5 nitrogen and oxygen atoms in total. The fourth-order valence-electron chi connectivity index (χ4n) is 2.65. The van der Waals surface area contributed by atoms with Crippen LogP contribution in [0.5, 0.6) is 5.75 Å². The van der Waals surface area contributed by atoms with Crippen LogP contribution in [0.2, 0.25) is 10.0 Å². The molecule has 2 rings (SSSR count). The maximum absolute atomic E-state index is 13.0. The zero-order valence-corrected chi connectivity index (χ0v) is 20.4. The van der Waals surface area contributed by atoms with E-state index in [9.17, 15) is 9.59 Å². The number of carbonyl (C=O) groups excluding carboxylic acids is 2. The summed E-state index contributed by atoms with van der Waals surface area (Å²) in [5.74, 6) is -0.0344. The fraction of sp³-hybridized carbons (Fsp3) is 0.364. The minimum Gasteiger partial charge on any atom is -0.484 e. The van der Waals surface area contributed by atoms with Gasteiger partial charge in [-0.3, -0.25) is 9.59 Å². The molecule has 30 heavy (non-hydrogen) atoms. The average Bonchev–Trinajstić information content (AvgIpc) is 2.65. The van der Waals surface area contributed by atoms with Gasteiger partial charge in [-0.25, -0.2) is 0 Å². The molecule has 0 bridgehead atoms. The Labute approximate surface area is 195 Å². The highest BCUT2D eigenvalue weighted by Crippen LogP contribution is 2.23. The molecule has 0 spiro atoms. The minimum absolute atomic E-state index is 0.150. The van der Waals surface area contributed by atoms with Crippen LogP contribution in [0.25, 0.3) is 0 Å². The highest BCUT2D eigenvalue weighted by atomic mass is 79.9. The highest BCUT2D eigenvalue weighted by Gasteiger charge is 2.29. The smallest absolute Gasteiger partial charge is 0.261 e. The van der Waals surface area contributed by atoms with Crippen LogP contribution in [0.1, 0.15) is 33.3 Å². The second-order valence-electron chi connectivity index (χ2n) is 7.92. The molecule has 0 aliphatic rings. The number of ether oxygens (including phenoxy) is 1. The number of halogens is 3. The lowest BCUT2D eigenvalue weighted by atomic mass is 10.1. The number of carbonyl (C=O) groups is 2. The quantitative estimate of drug-likeness (QED) is 0.532. The largest absolute Gasteiger partial charge is 0.484 e. The van der Waals surface area contributed by atoms with E-state index in [1.165, 1.54) is 4.90 Å². The van der Waals surface area contributed by atoms with E-state index in [4.69, 9.17) is 27.9 Å². The van der Waals surface area contributed by atoms with Crippen molar-refractivity contribution in [2.45, 2.75) is 45.8 Å². The molecule has 1 atom stereocenters. The van der Waals surface area contributed by atoms with Gasteiger partial charge in [0.1, 0.15) is 11.8 Å². The summed E-state index contributed by atoms with van der Waals surface area (Å²) in [5.41, 5.74) is 0.264. The molecule has 2 aromatic carbocycles. The number of hydrogen-bond donors (Lipinski definition) is 1. The van der Waals surface area contributed by atoms with Crippen LogP contribution in [-0.4, -0.2) is 34.9 Å². The molecular weight excluding hydrogens is 491 g/mol. The van der Waals surface area contributed by atoms with Gasteiger partial charge in [-0.2, -0.15) is 0 Å². The lowest BCUT2D eigenvalue weighted by Crippen LogP contribution is -2.53. The van der Waals surface area contributed by atoms with E-state index in [0.717, 1.165) is 4.47 Å². The van der Waals surface area contributed by atoms with E-state index in [-0.39, 0.29) is 25.0 Å². The summed E-state index contributed by atoms with van der Waals surface area (Å²) in [5, 5.41) is 3.84. The van der Waals surface area contributed by atoms with Crippen LogP contribution in [0, 0.1) is 0 Å². The Morgan fingerprint density at radius 1 is 1.13 bits per heavy atom. The van der Waals surface area contributed by atoms with Crippen molar-refractivity contribution in [2.24, 2.45) is 0 Å². The minimum atomic E-state index is -0.725. The SMILES string of the molecule is CC(C(=O)NC(C)(C)C)N(Cc1ccc(Cl)cc1Cl)C(=O)COc1ccc(Br)cc1. The van der Waals surface area contributed by atoms with Crippen LogP contribution < -0.4 is 10.1 Å². The van der Waals surface area contributed by atoms with Gasteiger partial charge < -0.3 is 15.0 Å². The molecule has 8 heteroatoms. The van der Waals surface area contributed by atoms with Crippen molar-refractivity contribution in [1.29, 1.82) is 0 Å². The van der Waals surface area contributed by atoms with Crippen molar-refractivity contribution in [2.75, 3.05) is 6.61 Å². The van der Waals surface area contributed by atoms with Crippen LogP contribution in [0.3, 0.4) is 0 Å². The van der Waals surface area contributed by atoms with Crippen molar-refractivity contribution < 1.29 is 14.3 Å². The molecular formula is C22H25BrCl2N2O3. The van der Waals surface area contributed by atoms with Crippen LogP contribution in [0.4, 0.5) is 0 Å². The van der Waals surface area contributed by atoms with Gasteiger partial charge in [0.25, 0.3) is 5.91 Å². The van der Waals surface area contributed by atoms with Crippen molar-refractivity contribution in [3.63, 3.8) is 0 Å². The van der Waals surface area contributed by atoms with Gasteiger partial charge in [-0.1, -0.05) is 45.2 Å². The maximum Gasteiger partial charge on any atom is 0.261 e. The Morgan fingerprint density at radius 3 is 2.33 bits per heavy atom. The summed E-state index contributed by atoms with van der Waals surface area (Å²) in [6.45, 7) is 7.28. The predicted molar refractivity (Wildman–Crippen MR) is 124 cm³/mol. The van der Waals surface area contributed by atoms with Gasteiger partial charge in [0, 0.05) is 26.6 Å². The van der Waals surface area contributed by atoms with Crippen molar-refractivity contribution in [3.05, 3.63) is 62.5 Å². The summed E-state index contributed by atoms with van der Waals surface area (Å²) in [4.78, 5) is 27.2. The lowest BCUT2D eigenvalue weighted by molar-refractivity contribution is -0.142. The molecule has 0 aliphatic heterocycles. The summed E-state index contributed by atoms with van der Waals surface area (Å²) >= 11 is 15.6. The first-order valence-corrected chi connectivity index (χ1v) is 10.9. The molecule has 0 radical (unpaired) electrons. The number of nitrogens with one attached hydrogen (secondary N) is 1. The van der Waals surface area contributed by atoms with Gasteiger partial charge in [0.2, 0.25) is 5.91 Å². The number of hydrogen-bond acceptors (Lipinski definition) is 3. The first-order chi connectivity index (χ1) is 14.0. The second-order valence-corrected chi connectivity index (χ2v) is 9.67. The molecule has 1 unspecified atom stereocenters. The average molecular weight is 516 g/mol. The van der Waals surface area contributed by atoms with E-state index in [2.05, 4.69) is 21.2 Å². The zero-order chi connectivity index (χ0) is 22.5. The molecule has 0 heterocycles. The van der Waals surface area contributed by atoms with E-state index >= 15 is 0 Å². The Balaban J connectivity index is 2.21. The van der Waals surface area contributed by atoms with E-state index in [1.54, 1.807) is 37.3 Å². The van der Waals surface area contributed by atoms with Crippen LogP contribution in [-0.2, 0) is 16.1 Å². The molecule has 0 aliphatic carbocycles. The Hall–Kier alpha value is -1.76. The summed E-state index contributed by atoms with van der Waals surface area (Å²) in [6, 6.07) is 11.5.